The van der Waals surface area contributed by atoms with Crippen LogP contribution in [-0.2, 0) is 0 Å². The Bertz CT molecular complexity index is 1390. The maximum Gasteiger partial charge on any atom is 0.235 e. The summed E-state index contributed by atoms with van der Waals surface area (Å²) in [4.78, 5) is 13.5. The van der Waals surface area contributed by atoms with Gasteiger partial charge in [0.1, 0.15) is 11.3 Å². The fraction of sp³-hybridized carbons (Fsp3) is 0.276. The summed E-state index contributed by atoms with van der Waals surface area (Å²) in [6, 6.07) is 17.1. The number of fused-ring (bicyclic) bond motifs is 1. The van der Waals surface area contributed by atoms with Crippen LogP contribution in [0.3, 0.4) is 0 Å². The normalized spacial score (nSPS) is 10.9. The standard InChI is InChI=1S/C29H30O6/c1-18-7-10-22(11-8-18)33-13-6-14-34-29-26(30)23-16-19(2)15-20(3)27(23)35-28(29)21-9-12-24(31-4)25(17-21)32-5/h7-12,15-17H,6,13-14H2,1-5H3. The molecular formula is C29H30O6. The molecule has 0 aliphatic rings. The number of methoxy groups -OCH3 is 2. The van der Waals surface area contributed by atoms with Gasteiger partial charge in [-0.1, -0.05) is 23.8 Å². The predicted octanol–water partition coefficient (Wildman–Crippen LogP) is 6.25. The molecule has 1 aromatic heterocycles. The van der Waals surface area contributed by atoms with Crippen LogP contribution in [0.15, 0.2) is 63.8 Å². The molecule has 0 spiro atoms. The Kier molecular flexibility index (Phi) is 7.30. The molecule has 0 fully saturated rings. The van der Waals surface area contributed by atoms with E-state index in [9.17, 15) is 4.79 Å². The molecule has 35 heavy (non-hydrogen) atoms. The van der Waals surface area contributed by atoms with E-state index in [4.69, 9.17) is 23.4 Å². The van der Waals surface area contributed by atoms with Gasteiger partial charge in [-0.3, -0.25) is 4.79 Å². The lowest BCUT2D eigenvalue weighted by Gasteiger charge is -2.15. The van der Waals surface area contributed by atoms with Crippen molar-refractivity contribution in [2.24, 2.45) is 0 Å². The SMILES string of the molecule is COc1ccc(-c2oc3c(C)cc(C)cc3c(=O)c2OCCCOc2ccc(C)cc2)cc1OC. The van der Waals surface area contributed by atoms with Gasteiger partial charge in [0, 0.05) is 12.0 Å². The number of aryl methyl sites for hydroxylation is 3. The molecule has 0 saturated heterocycles. The molecule has 0 bridgehead atoms. The number of hydrogen-bond donors (Lipinski definition) is 0. The molecule has 0 radical (unpaired) electrons. The highest BCUT2D eigenvalue weighted by molar-refractivity contribution is 5.85. The van der Waals surface area contributed by atoms with Crippen LogP contribution in [0.25, 0.3) is 22.3 Å². The van der Waals surface area contributed by atoms with Crippen LogP contribution < -0.4 is 24.4 Å². The van der Waals surface area contributed by atoms with Gasteiger partial charge in [0.15, 0.2) is 17.3 Å². The average Bonchev–Trinajstić information content (AvgIpc) is 2.86. The van der Waals surface area contributed by atoms with Crippen molar-refractivity contribution >= 4 is 11.0 Å². The Hall–Kier alpha value is -3.93. The van der Waals surface area contributed by atoms with E-state index in [2.05, 4.69) is 0 Å². The lowest BCUT2D eigenvalue weighted by molar-refractivity contribution is 0.244. The summed E-state index contributed by atoms with van der Waals surface area (Å²) in [5, 5.41) is 0.498. The van der Waals surface area contributed by atoms with Crippen molar-refractivity contribution < 1.29 is 23.4 Å². The van der Waals surface area contributed by atoms with Gasteiger partial charge in [0.25, 0.3) is 0 Å². The quantitative estimate of drug-likeness (QED) is 0.267. The summed E-state index contributed by atoms with van der Waals surface area (Å²) >= 11 is 0. The van der Waals surface area contributed by atoms with Crippen molar-refractivity contribution in [3.05, 3.63) is 81.5 Å². The first-order chi connectivity index (χ1) is 16.9. The van der Waals surface area contributed by atoms with E-state index in [-0.39, 0.29) is 11.2 Å². The molecule has 182 valence electrons. The van der Waals surface area contributed by atoms with E-state index >= 15 is 0 Å². The lowest BCUT2D eigenvalue weighted by atomic mass is 10.0. The Morgan fingerprint density at radius 3 is 2.20 bits per heavy atom. The molecule has 4 rings (SSSR count). The molecule has 0 amide bonds. The maximum absolute atomic E-state index is 13.5. The van der Waals surface area contributed by atoms with Crippen molar-refractivity contribution in [1.29, 1.82) is 0 Å². The Labute approximate surface area is 205 Å². The zero-order valence-electron chi connectivity index (χ0n) is 20.8. The van der Waals surface area contributed by atoms with Crippen molar-refractivity contribution in [3.63, 3.8) is 0 Å². The van der Waals surface area contributed by atoms with Crippen LogP contribution in [0.5, 0.6) is 23.0 Å². The van der Waals surface area contributed by atoms with Gasteiger partial charge in [-0.05, 0) is 68.3 Å². The molecule has 6 heteroatoms. The third-order valence-corrected chi connectivity index (χ3v) is 5.75. The summed E-state index contributed by atoms with van der Waals surface area (Å²) in [7, 11) is 3.14. The minimum atomic E-state index is -0.206. The molecule has 0 saturated carbocycles. The van der Waals surface area contributed by atoms with Crippen molar-refractivity contribution in [2.75, 3.05) is 27.4 Å². The molecule has 0 aliphatic carbocycles. The van der Waals surface area contributed by atoms with Crippen LogP contribution in [0.2, 0.25) is 0 Å². The molecule has 0 aliphatic heterocycles. The molecule has 0 atom stereocenters. The first-order valence-electron chi connectivity index (χ1n) is 11.5. The lowest BCUT2D eigenvalue weighted by Crippen LogP contribution is -2.13. The van der Waals surface area contributed by atoms with E-state index in [1.54, 1.807) is 26.4 Å². The first kappa shape index (κ1) is 24.2. The van der Waals surface area contributed by atoms with Crippen LogP contribution in [0.4, 0.5) is 0 Å². The summed E-state index contributed by atoms with van der Waals surface area (Å²) in [5.41, 5.74) is 4.04. The first-order valence-corrected chi connectivity index (χ1v) is 11.5. The van der Waals surface area contributed by atoms with E-state index < -0.39 is 0 Å². The zero-order valence-corrected chi connectivity index (χ0v) is 20.8. The fourth-order valence-electron chi connectivity index (χ4n) is 3.99. The second kappa shape index (κ2) is 10.6. The predicted molar refractivity (Wildman–Crippen MR) is 137 cm³/mol. The highest BCUT2D eigenvalue weighted by Gasteiger charge is 2.20. The fourth-order valence-corrected chi connectivity index (χ4v) is 3.99. The van der Waals surface area contributed by atoms with E-state index in [1.165, 1.54) is 5.56 Å². The van der Waals surface area contributed by atoms with Crippen LogP contribution in [0, 0.1) is 20.8 Å². The minimum absolute atomic E-state index is 0.171. The molecule has 1 heterocycles. The number of hydrogen-bond acceptors (Lipinski definition) is 6. The molecular weight excluding hydrogens is 444 g/mol. The summed E-state index contributed by atoms with van der Waals surface area (Å²) in [5.74, 6) is 2.45. The van der Waals surface area contributed by atoms with Gasteiger partial charge < -0.3 is 23.4 Å². The molecule has 0 N–H and O–H groups in total. The molecule has 0 unspecified atom stereocenters. The van der Waals surface area contributed by atoms with Gasteiger partial charge in [0.05, 0.1) is 32.8 Å². The second-order valence-electron chi connectivity index (χ2n) is 8.48. The highest BCUT2D eigenvalue weighted by Crippen LogP contribution is 2.37. The largest absolute Gasteiger partial charge is 0.493 e. The molecule has 3 aromatic carbocycles. The summed E-state index contributed by atoms with van der Waals surface area (Å²) in [6.07, 6.45) is 0.601. The average molecular weight is 475 g/mol. The van der Waals surface area contributed by atoms with E-state index in [0.29, 0.717) is 53.4 Å². The third-order valence-electron chi connectivity index (χ3n) is 5.75. The minimum Gasteiger partial charge on any atom is -0.493 e. The molecule has 6 nitrogen and oxygen atoms in total. The van der Waals surface area contributed by atoms with Gasteiger partial charge in [0.2, 0.25) is 11.2 Å². The van der Waals surface area contributed by atoms with Gasteiger partial charge >= 0.3 is 0 Å². The highest BCUT2D eigenvalue weighted by atomic mass is 16.5. The smallest absolute Gasteiger partial charge is 0.235 e. The third kappa shape index (κ3) is 5.27. The number of benzene rings is 3. The van der Waals surface area contributed by atoms with E-state index in [1.807, 2.05) is 63.2 Å². The van der Waals surface area contributed by atoms with Crippen molar-refractivity contribution in [1.82, 2.24) is 0 Å². The Morgan fingerprint density at radius 1 is 0.771 bits per heavy atom. The van der Waals surface area contributed by atoms with Gasteiger partial charge in [-0.2, -0.15) is 0 Å². The maximum atomic E-state index is 13.5. The van der Waals surface area contributed by atoms with Crippen LogP contribution in [-0.4, -0.2) is 27.4 Å². The van der Waals surface area contributed by atoms with Crippen LogP contribution in [0.1, 0.15) is 23.1 Å². The summed E-state index contributed by atoms with van der Waals surface area (Å²) < 4.78 is 28.9. The zero-order chi connectivity index (χ0) is 24.9. The Morgan fingerprint density at radius 2 is 1.49 bits per heavy atom. The second-order valence-corrected chi connectivity index (χ2v) is 8.48. The topological polar surface area (TPSA) is 67.1 Å². The number of rotatable bonds is 9. The molecule has 4 aromatic rings. The monoisotopic (exact) mass is 474 g/mol. The van der Waals surface area contributed by atoms with Crippen molar-refractivity contribution in [2.45, 2.75) is 27.2 Å². The Balaban J connectivity index is 1.65. The summed E-state index contributed by atoms with van der Waals surface area (Å²) in [6.45, 7) is 6.68. The van der Waals surface area contributed by atoms with E-state index in [0.717, 1.165) is 16.9 Å². The number of ether oxygens (including phenoxy) is 4. The van der Waals surface area contributed by atoms with Crippen LogP contribution >= 0.6 is 0 Å². The van der Waals surface area contributed by atoms with Crippen molar-refractivity contribution in [3.8, 4) is 34.3 Å². The van der Waals surface area contributed by atoms with Gasteiger partial charge in [-0.25, -0.2) is 0 Å². The van der Waals surface area contributed by atoms with Gasteiger partial charge in [-0.15, -0.1) is 0 Å².